The molecule has 1 aromatic heterocycles. The summed E-state index contributed by atoms with van der Waals surface area (Å²) in [6, 6.07) is 0.747. The van der Waals surface area contributed by atoms with Crippen molar-refractivity contribution in [1.82, 2.24) is 4.98 Å². The number of carbonyl (C=O) groups is 1. The maximum Gasteiger partial charge on any atom is 0.416 e. The fourth-order valence-corrected chi connectivity index (χ4v) is 2.14. The zero-order chi connectivity index (χ0) is 15.8. The molecule has 0 unspecified atom stereocenters. The minimum atomic E-state index is -4.99. The number of ketones is 1. The molecule has 0 atom stereocenters. The lowest BCUT2D eigenvalue weighted by Crippen LogP contribution is -2.13. The van der Waals surface area contributed by atoms with Crippen LogP contribution in [-0.4, -0.2) is 10.8 Å². The first-order valence-corrected chi connectivity index (χ1v) is 6.20. The smallest absolute Gasteiger partial charge is 0.286 e. The third kappa shape index (κ3) is 3.41. The Hall–Kier alpha value is -1.90. The molecule has 0 saturated heterocycles. The summed E-state index contributed by atoms with van der Waals surface area (Å²) >= 11 is 0.829. The van der Waals surface area contributed by atoms with Crippen LogP contribution in [0.3, 0.4) is 0 Å². The van der Waals surface area contributed by atoms with Gasteiger partial charge in [0.15, 0.2) is 5.01 Å². The molecule has 0 N–H and O–H groups in total. The van der Waals surface area contributed by atoms with Gasteiger partial charge in [-0.05, 0) is 18.2 Å². The maximum atomic E-state index is 12.7. The van der Waals surface area contributed by atoms with Gasteiger partial charge in [0, 0.05) is 17.1 Å². The van der Waals surface area contributed by atoms with Crippen LogP contribution in [0, 0.1) is 0 Å². The summed E-state index contributed by atoms with van der Waals surface area (Å²) in [5.74, 6) is -0.985. The highest BCUT2D eigenvalue weighted by atomic mass is 32.1. The monoisotopic (exact) mass is 325 g/mol. The predicted molar refractivity (Wildman–Crippen MR) is 62.0 cm³/mol. The fraction of sp³-hybridized carbons (Fsp3) is 0.167. The van der Waals surface area contributed by atoms with Crippen molar-refractivity contribution in [1.29, 1.82) is 0 Å². The van der Waals surface area contributed by atoms with Crippen molar-refractivity contribution in [3.63, 3.8) is 0 Å². The molecule has 0 radical (unpaired) electrons. The third-order valence-corrected chi connectivity index (χ3v) is 3.25. The molecular formula is C12H5F6NOS. The molecule has 112 valence electrons. The molecule has 1 aromatic carbocycles. The largest absolute Gasteiger partial charge is 0.416 e. The van der Waals surface area contributed by atoms with Gasteiger partial charge in [-0.2, -0.15) is 26.3 Å². The van der Waals surface area contributed by atoms with Crippen LogP contribution in [-0.2, 0) is 12.4 Å². The Balaban J connectivity index is 2.58. The van der Waals surface area contributed by atoms with Crippen LogP contribution < -0.4 is 0 Å². The van der Waals surface area contributed by atoms with E-state index in [0.717, 1.165) is 11.3 Å². The second-order valence-electron chi connectivity index (χ2n) is 3.96. The van der Waals surface area contributed by atoms with Gasteiger partial charge >= 0.3 is 12.4 Å². The number of alkyl halides is 6. The highest BCUT2D eigenvalue weighted by Gasteiger charge is 2.37. The zero-order valence-corrected chi connectivity index (χ0v) is 10.7. The molecule has 1 heterocycles. The summed E-state index contributed by atoms with van der Waals surface area (Å²) in [6.07, 6.45) is -8.74. The highest BCUT2D eigenvalue weighted by Crippen LogP contribution is 2.36. The molecule has 0 spiro atoms. The van der Waals surface area contributed by atoms with E-state index in [-0.39, 0.29) is 11.1 Å². The van der Waals surface area contributed by atoms with Crippen LogP contribution in [0.4, 0.5) is 26.3 Å². The van der Waals surface area contributed by atoms with Gasteiger partial charge in [0.05, 0.1) is 11.1 Å². The standard InChI is InChI=1S/C12H5F6NOS/c13-11(14,15)7-3-6(4-8(5-7)12(16,17)18)9(20)10-19-1-2-21-10/h1-5H. The number of rotatable bonds is 2. The van der Waals surface area contributed by atoms with Gasteiger partial charge in [0.1, 0.15) is 0 Å². The number of hydrogen-bond acceptors (Lipinski definition) is 3. The van der Waals surface area contributed by atoms with E-state index in [1.807, 2.05) is 0 Å². The van der Waals surface area contributed by atoms with Gasteiger partial charge < -0.3 is 0 Å². The lowest BCUT2D eigenvalue weighted by Gasteiger charge is -2.13. The molecule has 0 saturated carbocycles. The minimum absolute atomic E-state index is 0.0291. The maximum absolute atomic E-state index is 12.7. The van der Waals surface area contributed by atoms with Gasteiger partial charge in [-0.25, -0.2) is 4.98 Å². The van der Waals surface area contributed by atoms with E-state index >= 15 is 0 Å². The first-order valence-electron chi connectivity index (χ1n) is 5.33. The van der Waals surface area contributed by atoms with Crippen LogP contribution in [0.1, 0.15) is 26.5 Å². The number of benzene rings is 1. The number of nitrogens with zero attached hydrogens (tertiary/aromatic N) is 1. The molecule has 2 rings (SSSR count). The number of thiazole rings is 1. The number of hydrogen-bond donors (Lipinski definition) is 0. The summed E-state index contributed by atoms with van der Waals surface area (Å²) in [4.78, 5) is 15.5. The summed E-state index contributed by atoms with van der Waals surface area (Å²) in [5.41, 5.74) is -3.76. The number of carbonyl (C=O) groups excluding carboxylic acids is 1. The molecule has 21 heavy (non-hydrogen) atoms. The van der Waals surface area contributed by atoms with E-state index in [0.29, 0.717) is 12.1 Å². The Morgan fingerprint density at radius 1 is 0.952 bits per heavy atom. The van der Waals surface area contributed by atoms with Gasteiger partial charge in [0.25, 0.3) is 0 Å². The van der Waals surface area contributed by atoms with E-state index in [1.54, 1.807) is 0 Å². The van der Waals surface area contributed by atoms with E-state index in [4.69, 9.17) is 0 Å². The normalized spacial score (nSPS) is 12.5. The second-order valence-corrected chi connectivity index (χ2v) is 4.86. The van der Waals surface area contributed by atoms with E-state index in [1.165, 1.54) is 11.6 Å². The lowest BCUT2D eigenvalue weighted by atomic mass is 10.0. The Morgan fingerprint density at radius 2 is 1.48 bits per heavy atom. The predicted octanol–water partition coefficient (Wildman–Crippen LogP) is 4.41. The van der Waals surface area contributed by atoms with Gasteiger partial charge in [-0.3, -0.25) is 4.79 Å². The van der Waals surface area contributed by atoms with Crippen molar-refractivity contribution in [2.24, 2.45) is 0 Å². The average Bonchev–Trinajstić information content (AvgIpc) is 2.89. The molecule has 0 aliphatic carbocycles. The lowest BCUT2D eigenvalue weighted by molar-refractivity contribution is -0.143. The van der Waals surface area contributed by atoms with Gasteiger partial charge in [-0.1, -0.05) is 0 Å². The topological polar surface area (TPSA) is 30.0 Å². The SMILES string of the molecule is O=C(c1cc(C(F)(F)F)cc(C(F)(F)F)c1)c1nccs1. The Bertz CT molecular complexity index is 627. The third-order valence-electron chi connectivity index (χ3n) is 2.48. The van der Waals surface area contributed by atoms with Crippen LogP contribution in [0.2, 0.25) is 0 Å². The molecule has 0 aliphatic rings. The van der Waals surface area contributed by atoms with Crippen molar-refractivity contribution in [3.05, 3.63) is 51.5 Å². The van der Waals surface area contributed by atoms with Crippen LogP contribution in [0.5, 0.6) is 0 Å². The van der Waals surface area contributed by atoms with Crippen LogP contribution in [0.25, 0.3) is 0 Å². The molecule has 0 fully saturated rings. The summed E-state index contributed by atoms with van der Waals surface area (Å²) in [6.45, 7) is 0. The average molecular weight is 325 g/mol. The van der Waals surface area contributed by atoms with Crippen molar-refractivity contribution in [2.75, 3.05) is 0 Å². The molecule has 0 aliphatic heterocycles. The summed E-state index contributed by atoms with van der Waals surface area (Å²) in [5, 5.41) is 1.22. The Labute approximate surface area is 118 Å². The summed E-state index contributed by atoms with van der Waals surface area (Å²) in [7, 11) is 0. The van der Waals surface area contributed by atoms with E-state index < -0.39 is 34.8 Å². The van der Waals surface area contributed by atoms with Crippen molar-refractivity contribution in [2.45, 2.75) is 12.4 Å². The van der Waals surface area contributed by atoms with Gasteiger partial charge in [0.2, 0.25) is 5.78 Å². The highest BCUT2D eigenvalue weighted by molar-refractivity contribution is 7.11. The first kappa shape index (κ1) is 15.5. The Morgan fingerprint density at radius 3 is 1.86 bits per heavy atom. The first-order chi connectivity index (χ1) is 9.59. The zero-order valence-electron chi connectivity index (χ0n) is 9.92. The molecule has 9 heteroatoms. The van der Waals surface area contributed by atoms with Crippen molar-refractivity contribution >= 4 is 17.1 Å². The quantitative estimate of drug-likeness (QED) is 0.605. The molecular weight excluding hydrogens is 320 g/mol. The molecule has 2 nitrogen and oxygen atoms in total. The minimum Gasteiger partial charge on any atom is -0.286 e. The number of halogens is 6. The molecule has 0 amide bonds. The van der Waals surface area contributed by atoms with Crippen LogP contribution in [0.15, 0.2) is 29.8 Å². The molecule has 2 aromatic rings. The fourth-order valence-electron chi connectivity index (χ4n) is 1.55. The van der Waals surface area contributed by atoms with Crippen molar-refractivity contribution in [3.8, 4) is 0 Å². The van der Waals surface area contributed by atoms with Crippen LogP contribution >= 0.6 is 11.3 Å². The molecule has 0 bridgehead atoms. The van der Waals surface area contributed by atoms with E-state index in [2.05, 4.69) is 4.98 Å². The second kappa shape index (κ2) is 5.14. The number of aromatic nitrogens is 1. The van der Waals surface area contributed by atoms with E-state index in [9.17, 15) is 31.1 Å². The van der Waals surface area contributed by atoms with Crippen molar-refractivity contribution < 1.29 is 31.1 Å². The van der Waals surface area contributed by atoms with Gasteiger partial charge in [-0.15, -0.1) is 11.3 Å². The summed E-state index contributed by atoms with van der Waals surface area (Å²) < 4.78 is 75.9. The Kier molecular flexibility index (Phi) is 3.79.